The third kappa shape index (κ3) is 2.46. The van der Waals surface area contributed by atoms with Gasteiger partial charge in [0.15, 0.2) is 0 Å². The largest absolute Gasteiger partial charge is 0.398 e. The first-order valence-electron chi connectivity index (χ1n) is 6.18. The van der Waals surface area contributed by atoms with Gasteiger partial charge in [-0.05, 0) is 18.6 Å². The van der Waals surface area contributed by atoms with Gasteiger partial charge in [-0.2, -0.15) is 0 Å². The lowest BCUT2D eigenvalue weighted by Gasteiger charge is -2.34. The number of rotatable bonds is 3. The van der Waals surface area contributed by atoms with Crippen molar-refractivity contribution in [2.45, 2.75) is 25.9 Å². The van der Waals surface area contributed by atoms with Gasteiger partial charge in [-0.3, -0.25) is 9.69 Å². The van der Waals surface area contributed by atoms with E-state index >= 15 is 0 Å². The fraction of sp³-hybridized carbons (Fsp3) is 0.462. The first kappa shape index (κ1) is 12.8. The van der Waals surface area contributed by atoms with E-state index in [9.17, 15) is 9.18 Å². The number of nitrogen functional groups attached to an aromatic ring is 1. The van der Waals surface area contributed by atoms with E-state index in [1.807, 2.05) is 11.8 Å². The smallest absolute Gasteiger partial charge is 0.237 e. The van der Waals surface area contributed by atoms with Crippen molar-refractivity contribution in [3.63, 3.8) is 0 Å². The molecule has 5 heteroatoms. The molecule has 18 heavy (non-hydrogen) atoms. The Morgan fingerprint density at radius 3 is 3.00 bits per heavy atom. The van der Waals surface area contributed by atoms with Crippen LogP contribution in [0.25, 0.3) is 0 Å². The van der Waals surface area contributed by atoms with Crippen molar-refractivity contribution in [3.8, 4) is 0 Å². The van der Waals surface area contributed by atoms with Gasteiger partial charge in [0, 0.05) is 30.9 Å². The first-order valence-corrected chi connectivity index (χ1v) is 6.18. The first-order chi connectivity index (χ1) is 8.63. The van der Waals surface area contributed by atoms with Crippen molar-refractivity contribution in [3.05, 3.63) is 29.6 Å². The van der Waals surface area contributed by atoms with E-state index in [1.165, 1.54) is 6.07 Å². The zero-order valence-corrected chi connectivity index (χ0v) is 10.4. The molecule has 1 atom stereocenters. The van der Waals surface area contributed by atoms with Gasteiger partial charge in [0.2, 0.25) is 5.91 Å². The number of amides is 1. The molecule has 4 nitrogen and oxygen atoms in total. The molecule has 1 heterocycles. The minimum Gasteiger partial charge on any atom is -0.398 e. The summed E-state index contributed by atoms with van der Waals surface area (Å²) in [7, 11) is 0. The lowest BCUT2D eigenvalue weighted by molar-refractivity contribution is -0.129. The summed E-state index contributed by atoms with van der Waals surface area (Å²) < 4.78 is 13.7. The summed E-state index contributed by atoms with van der Waals surface area (Å²) in [6.07, 6.45) is 0.709. The average Bonchev–Trinajstić information content (AvgIpc) is 2.34. The van der Waals surface area contributed by atoms with Crippen molar-refractivity contribution in [1.82, 2.24) is 10.2 Å². The number of nitrogens with two attached hydrogens (primary N) is 1. The molecule has 0 radical (unpaired) electrons. The third-order valence-corrected chi connectivity index (χ3v) is 3.34. The molecule has 0 aromatic heterocycles. The van der Waals surface area contributed by atoms with E-state index in [-0.39, 0.29) is 17.8 Å². The van der Waals surface area contributed by atoms with Crippen LogP contribution >= 0.6 is 0 Å². The molecule has 98 valence electrons. The highest BCUT2D eigenvalue weighted by atomic mass is 19.1. The van der Waals surface area contributed by atoms with Gasteiger partial charge in [0.05, 0.1) is 6.04 Å². The van der Waals surface area contributed by atoms with Crippen molar-refractivity contribution in [1.29, 1.82) is 0 Å². The fourth-order valence-corrected chi connectivity index (χ4v) is 2.34. The molecule has 1 amide bonds. The Labute approximate surface area is 106 Å². The molecular weight excluding hydrogens is 233 g/mol. The van der Waals surface area contributed by atoms with E-state index in [0.717, 1.165) is 6.54 Å². The Balaban J connectivity index is 2.19. The summed E-state index contributed by atoms with van der Waals surface area (Å²) in [5, 5.41) is 2.82. The maximum absolute atomic E-state index is 13.7. The molecule has 2 rings (SSSR count). The van der Waals surface area contributed by atoms with E-state index in [0.29, 0.717) is 30.8 Å². The number of piperazine rings is 1. The lowest BCUT2D eigenvalue weighted by atomic mass is 10.1. The quantitative estimate of drug-likeness (QED) is 0.791. The van der Waals surface area contributed by atoms with Crippen LogP contribution in [0.1, 0.15) is 18.9 Å². The minimum atomic E-state index is -0.309. The van der Waals surface area contributed by atoms with Crippen LogP contribution in [0, 0.1) is 5.82 Å². The Bertz CT molecular complexity index is 430. The van der Waals surface area contributed by atoms with Crippen LogP contribution in [-0.2, 0) is 11.3 Å². The summed E-state index contributed by atoms with van der Waals surface area (Å²) in [6, 6.07) is 4.48. The van der Waals surface area contributed by atoms with Crippen molar-refractivity contribution < 1.29 is 9.18 Å². The van der Waals surface area contributed by atoms with Crippen LogP contribution in [0.4, 0.5) is 10.1 Å². The van der Waals surface area contributed by atoms with Gasteiger partial charge in [-0.25, -0.2) is 4.39 Å². The maximum Gasteiger partial charge on any atom is 0.237 e. The van der Waals surface area contributed by atoms with Crippen LogP contribution in [0.3, 0.4) is 0 Å². The van der Waals surface area contributed by atoms with Gasteiger partial charge in [0.1, 0.15) is 5.82 Å². The second-order valence-corrected chi connectivity index (χ2v) is 4.49. The second-order valence-electron chi connectivity index (χ2n) is 4.49. The Kier molecular flexibility index (Phi) is 3.81. The lowest BCUT2D eigenvalue weighted by Crippen LogP contribution is -2.54. The number of benzene rings is 1. The van der Waals surface area contributed by atoms with Gasteiger partial charge < -0.3 is 11.1 Å². The summed E-state index contributed by atoms with van der Waals surface area (Å²) in [6.45, 7) is 3.65. The summed E-state index contributed by atoms with van der Waals surface area (Å²) in [5.74, 6) is -0.297. The van der Waals surface area contributed by atoms with Crippen LogP contribution in [0.5, 0.6) is 0 Å². The summed E-state index contributed by atoms with van der Waals surface area (Å²) >= 11 is 0. The Morgan fingerprint density at radius 1 is 1.56 bits per heavy atom. The van der Waals surface area contributed by atoms with Crippen LogP contribution in [0.15, 0.2) is 18.2 Å². The standard InChI is InChI=1S/C13H18FN3O/c1-2-12-13(18)16-6-7-17(12)8-9-10(14)4-3-5-11(9)15/h3-5,12H,2,6-8,15H2,1H3,(H,16,18). The third-order valence-electron chi connectivity index (χ3n) is 3.34. The topological polar surface area (TPSA) is 58.4 Å². The predicted octanol–water partition coefficient (Wildman–Crippen LogP) is 1.12. The number of hydrogen-bond acceptors (Lipinski definition) is 3. The Morgan fingerprint density at radius 2 is 2.33 bits per heavy atom. The molecule has 1 aliphatic rings. The summed E-state index contributed by atoms with van der Waals surface area (Å²) in [4.78, 5) is 13.7. The number of carbonyl (C=O) groups excluding carboxylic acids is 1. The molecule has 0 aliphatic carbocycles. The zero-order chi connectivity index (χ0) is 13.1. The Hall–Kier alpha value is -1.62. The number of nitrogens with zero attached hydrogens (tertiary/aromatic N) is 1. The van der Waals surface area contributed by atoms with E-state index in [2.05, 4.69) is 5.32 Å². The molecule has 0 spiro atoms. The SMILES string of the molecule is CCC1C(=O)NCCN1Cc1c(N)cccc1F. The molecule has 1 saturated heterocycles. The van der Waals surface area contributed by atoms with E-state index in [4.69, 9.17) is 5.73 Å². The molecule has 1 aromatic carbocycles. The molecule has 1 aromatic rings. The van der Waals surface area contributed by atoms with Crippen LogP contribution in [0.2, 0.25) is 0 Å². The minimum absolute atomic E-state index is 0.0126. The number of anilines is 1. The molecule has 1 aliphatic heterocycles. The van der Waals surface area contributed by atoms with Crippen molar-refractivity contribution in [2.75, 3.05) is 18.8 Å². The van der Waals surface area contributed by atoms with E-state index < -0.39 is 0 Å². The van der Waals surface area contributed by atoms with Gasteiger partial charge >= 0.3 is 0 Å². The molecule has 1 fully saturated rings. The zero-order valence-electron chi connectivity index (χ0n) is 10.4. The average molecular weight is 251 g/mol. The highest BCUT2D eigenvalue weighted by Crippen LogP contribution is 2.20. The van der Waals surface area contributed by atoms with Crippen molar-refractivity contribution in [2.24, 2.45) is 0 Å². The number of halogens is 1. The normalized spacial score (nSPS) is 20.8. The second kappa shape index (κ2) is 5.35. The summed E-state index contributed by atoms with van der Waals surface area (Å²) in [5.41, 5.74) is 6.71. The predicted molar refractivity (Wildman–Crippen MR) is 68.3 cm³/mol. The van der Waals surface area contributed by atoms with Crippen LogP contribution < -0.4 is 11.1 Å². The maximum atomic E-state index is 13.7. The molecule has 3 N–H and O–H groups in total. The molecular formula is C13H18FN3O. The highest BCUT2D eigenvalue weighted by Gasteiger charge is 2.28. The number of nitrogens with one attached hydrogen (secondary N) is 1. The van der Waals surface area contributed by atoms with Gasteiger partial charge in [-0.1, -0.05) is 13.0 Å². The van der Waals surface area contributed by atoms with Crippen LogP contribution in [-0.4, -0.2) is 29.9 Å². The van der Waals surface area contributed by atoms with Gasteiger partial charge in [-0.15, -0.1) is 0 Å². The molecule has 0 bridgehead atoms. The number of hydrogen-bond donors (Lipinski definition) is 2. The highest BCUT2D eigenvalue weighted by molar-refractivity contribution is 5.82. The van der Waals surface area contributed by atoms with Crippen molar-refractivity contribution >= 4 is 11.6 Å². The monoisotopic (exact) mass is 251 g/mol. The van der Waals surface area contributed by atoms with Gasteiger partial charge in [0.25, 0.3) is 0 Å². The fourth-order valence-electron chi connectivity index (χ4n) is 2.34. The molecule has 0 saturated carbocycles. The number of carbonyl (C=O) groups is 1. The molecule has 1 unspecified atom stereocenters. The van der Waals surface area contributed by atoms with E-state index in [1.54, 1.807) is 12.1 Å².